The highest BCUT2D eigenvalue weighted by Gasteiger charge is 2.09. The zero-order chi connectivity index (χ0) is 10.8. The Labute approximate surface area is 86.1 Å². The average molecular weight is 211 g/mol. The smallest absolute Gasteiger partial charge is 0.319 e. The minimum absolute atomic E-state index is 0.522. The molecule has 4 heteroatoms. The summed E-state index contributed by atoms with van der Waals surface area (Å²) in [5.74, 6) is 0.706. The van der Waals surface area contributed by atoms with Crippen LogP contribution in [0.5, 0.6) is 5.75 Å². The summed E-state index contributed by atoms with van der Waals surface area (Å²) in [5.41, 5.74) is 0.522. The molecule has 0 bridgehead atoms. The topological polar surface area (TPSA) is 14.2 Å². The first-order valence-corrected chi connectivity index (χ1v) is 4.74. The van der Waals surface area contributed by atoms with Crippen molar-refractivity contribution in [3.8, 4) is 5.75 Å². The number of halogens is 2. The molecule has 0 aliphatic carbocycles. The Morgan fingerprint density at radius 3 is 2.80 bits per heavy atom. The number of rotatable bonds is 3. The first-order chi connectivity index (χ1) is 7.22. The maximum absolute atomic E-state index is 12.5. The Bertz CT molecular complexity index is 465. The lowest BCUT2D eigenvalue weighted by molar-refractivity contribution is 0.0752. The van der Waals surface area contributed by atoms with E-state index < -0.39 is 6.55 Å². The van der Waals surface area contributed by atoms with E-state index in [0.717, 1.165) is 9.95 Å². The van der Waals surface area contributed by atoms with Gasteiger partial charge < -0.3 is 4.74 Å². The predicted molar refractivity (Wildman–Crippen MR) is 54.4 cm³/mol. The van der Waals surface area contributed by atoms with Gasteiger partial charge in [0.1, 0.15) is 5.75 Å². The van der Waals surface area contributed by atoms with Gasteiger partial charge in [0.15, 0.2) is 0 Å². The second-order valence-corrected chi connectivity index (χ2v) is 3.15. The van der Waals surface area contributed by atoms with E-state index in [-0.39, 0.29) is 0 Å². The largest absolute Gasteiger partial charge is 0.494 e. The Kier molecular flexibility index (Phi) is 2.58. The molecule has 0 radical (unpaired) electrons. The molecular formula is C11H11F2NO. The highest BCUT2D eigenvalue weighted by Crippen LogP contribution is 2.25. The molecule has 0 aliphatic rings. The van der Waals surface area contributed by atoms with E-state index in [0.29, 0.717) is 17.9 Å². The molecule has 0 fully saturated rings. The molecule has 1 aromatic heterocycles. The highest BCUT2D eigenvalue weighted by molar-refractivity contribution is 5.81. The Morgan fingerprint density at radius 2 is 2.13 bits per heavy atom. The summed E-state index contributed by atoms with van der Waals surface area (Å²) in [4.78, 5) is 0. The van der Waals surface area contributed by atoms with Crippen LogP contribution in [0.25, 0.3) is 10.9 Å². The highest BCUT2D eigenvalue weighted by atomic mass is 19.3. The van der Waals surface area contributed by atoms with Crippen LogP contribution in [0.4, 0.5) is 8.78 Å². The fourth-order valence-electron chi connectivity index (χ4n) is 1.57. The molecule has 0 atom stereocenters. The summed E-state index contributed by atoms with van der Waals surface area (Å²) in [7, 11) is 0. The Balaban J connectivity index is 2.47. The first kappa shape index (κ1) is 9.96. The summed E-state index contributed by atoms with van der Waals surface area (Å²) in [6, 6.07) is 6.76. The van der Waals surface area contributed by atoms with Crippen molar-refractivity contribution in [2.45, 2.75) is 13.5 Å². The lowest BCUT2D eigenvalue weighted by atomic mass is 10.2. The van der Waals surface area contributed by atoms with Crippen molar-refractivity contribution in [3.05, 3.63) is 30.5 Å². The Hall–Kier alpha value is -1.58. The standard InChI is InChI=1S/C11H11F2NO/c1-2-15-9-3-4-10-8(7-9)5-6-14(10)11(12)13/h3-7,11H,2H2,1H3. The molecule has 2 aromatic rings. The maximum Gasteiger partial charge on any atom is 0.319 e. The fourth-order valence-corrected chi connectivity index (χ4v) is 1.57. The molecule has 0 spiro atoms. The number of alkyl halides is 2. The van der Waals surface area contributed by atoms with E-state index in [4.69, 9.17) is 4.74 Å². The van der Waals surface area contributed by atoms with Gasteiger partial charge in [-0.15, -0.1) is 0 Å². The van der Waals surface area contributed by atoms with Crippen LogP contribution < -0.4 is 4.74 Å². The lowest BCUT2D eigenvalue weighted by Gasteiger charge is -2.05. The van der Waals surface area contributed by atoms with Crippen molar-refractivity contribution in [2.24, 2.45) is 0 Å². The van der Waals surface area contributed by atoms with Gasteiger partial charge >= 0.3 is 6.55 Å². The van der Waals surface area contributed by atoms with E-state index in [1.807, 2.05) is 6.92 Å². The Morgan fingerprint density at radius 1 is 1.33 bits per heavy atom. The number of ether oxygens (including phenoxy) is 1. The van der Waals surface area contributed by atoms with Gasteiger partial charge in [0.25, 0.3) is 0 Å². The molecule has 1 heterocycles. The quantitative estimate of drug-likeness (QED) is 0.758. The van der Waals surface area contributed by atoms with Crippen LogP contribution >= 0.6 is 0 Å². The van der Waals surface area contributed by atoms with Crippen LogP contribution in [0.15, 0.2) is 30.5 Å². The van der Waals surface area contributed by atoms with Crippen molar-refractivity contribution in [2.75, 3.05) is 6.61 Å². The van der Waals surface area contributed by atoms with Crippen molar-refractivity contribution in [1.82, 2.24) is 4.57 Å². The van der Waals surface area contributed by atoms with Crippen molar-refractivity contribution < 1.29 is 13.5 Å². The van der Waals surface area contributed by atoms with Crippen molar-refractivity contribution >= 4 is 10.9 Å². The van der Waals surface area contributed by atoms with Gasteiger partial charge in [0.05, 0.1) is 12.1 Å². The third-order valence-corrected chi connectivity index (χ3v) is 2.21. The zero-order valence-corrected chi connectivity index (χ0v) is 8.28. The van der Waals surface area contributed by atoms with Crippen molar-refractivity contribution in [3.63, 3.8) is 0 Å². The second-order valence-electron chi connectivity index (χ2n) is 3.15. The average Bonchev–Trinajstić information content (AvgIpc) is 2.61. The van der Waals surface area contributed by atoms with Gasteiger partial charge in [-0.2, -0.15) is 8.78 Å². The SMILES string of the molecule is CCOc1ccc2c(ccn2C(F)F)c1. The number of aromatic nitrogens is 1. The fraction of sp³-hybridized carbons (Fsp3) is 0.273. The number of benzene rings is 1. The van der Waals surface area contributed by atoms with Crippen molar-refractivity contribution in [1.29, 1.82) is 0 Å². The summed E-state index contributed by atoms with van der Waals surface area (Å²) >= 11 is 0. The van der Waals surface area contributed by atoms with Gasteiger partial charge in [-0.25, -0.2) is 0 Å². The lowest BCUT2D eigenvalue weighted by Crippen LogP contribution is -1.95. The van der Waals surface area contributed by atoms with Crippen LogP contribution in [0.2, 0.25) is 0 Å². The molecule has 1 aromatic carbocycles. The molecule has 0 amide bonds. The molecule has 2 nitrogen and oxygen atoms in total. The molecule has 15 heavy (non-hydrogen) atoms. The maximum atomic E-state index is 12.5. The minimum Gasteiger partial charge on any atom is -0.494 e. The molecule has 0 N–H and O–H groups in total. The van der Waals surface area contributed by atoms with Crippen LogP contribution in [-0.2, 0) is 0 Å². The number of fused-ring (bicyclic) bond motifs is 1. The summed E-state index contributed by atoms with van der Waals surface area (Å²) < 4.78 is 31.2. The van der Waals surface area contributed by atoms with E-state index in [1.54, 1.807) is 24.3 Å². The van der Waals surface area contributed by atoms with Gasteiger partial charge in [0.2, 0.25) is 0 Å². The van der Waals surface area contributed by atoms with E-state index in [2.05, 4.69) is 0 Å². The van der Waals surface area contributed by atoms with Crippen LogP contribution in [0.3, 0.4) is 0 Å². The van der Waals surface area contributed by atoms with Crippen LogP contribution in [0, 0.1) is 0 Å². The van der Waals surface area contributed by atoms with Gasteiger partial charge in [-0.1, -0.05) is 0 Å². The van der Waals surface area contributed by atoms with E-state index >= 15 is 0 Å². The molecule has 0 unspecified atom stereocenters. The summed E-state index contributed by atoms with van der Waals surface area (Å²) in [5, 5.41) is 0.765. The number of hydrogen-bond acceptors (Lipinski definition) is 1. The van der Waals surface area contributed by atoms with Gasteiger partial charge in [-0.3, -0.25) is 4.57 Å². The number of hydrogen-bond donors (Lipinski definition) is 0. The van der Waals surface area contributed by atoms with Gasteiger partial charge in [-0.05, 0) is 31.2 Å². The summed E-state index contributed by atoms with van der Waals surface area (Å²) in [6.07, 6.45) is 1.38. The minimum atomic E-state index is -2.50. The molecule has 80 valence electrons. The summed E-state index contributed by atoms with van der Waals surface area (Å²) in [6.45, 7) is -0.0456. The predicted octanol–water partition coefficient (Wildman–Crippen LogP) is 3.44. The molecule has 0 aliphatic heterocycles. The van der Waals surface area contributed by atoms with Crippen LogP contribution in [-0.4, -0.2) is 11.2 Å². The molecule has 0 saturated carbocycles. The third kappa shape index (κ3) is 1.79. The third-order valence-electron chi connectivity index (χ3n) is 2.21. The monoisotopic (exact) mass is 211 g/mol. The van der Waals surface area contributed by atoms with E-state index in [1.165, 1.54) is 6.20 Å². The second kappa shape index (κ2) is 3.88. The molecule has 0 saturated heterocycles. The van der Waals surface area contributed by atoms with Gasteiger partial charge in [0, 0.05) is 11.6 Å². The number of nitrogens with zero attached hydrogens (tertiary/aromatic N) is 1. The normalized spacial score (nSPS) is 11.2. The first-order valence-electron chi connectivity index (χ1n) is 4.74. The molecular weight excluding hydrogens is 200 g/mol. The zero-order valence-electron chi connectivity index (χ0n) is 8.28. The van der Waals surface area contributed by atoms with Crippen LogP contribution in [0.1, 0.15) is 13.5 Å². The van der Waals surface area contributed by atoms with E-state index in [9.17, 15) is 8.78 Å². The molecule has 2 rings (SSSR count).